The van der Waals surface area contributed by atoms with Gasteiger partial charge in [-0.05, 0) is 24.1 Å². The lowest BCUT2D eigenvalue weighted by Gasteiger charge is -2.12. The van der Waals surface area contributed by atoms with E-state index >= 15 is 0 Å². The number of aliphatic carboxylic acids is 1. The molecule has 5 nitrogen and oxygen atoms in total. The summed E-state index contributed by atoms with van der Waals surface area (Å²) in [5, 5.41) is 8.94. The standard InChI is InChI=1S/C13H18FNO4S/c1-2-3-11(13(16)17)8-15-20(18,19)9-10-4-6-12(14)7-5-10/h4-7,11,15H,2-3,8-9H2,1H3,(H,16,17). The van der Waals surface area contributed by atoms with Gasteiger partial charge in [0, 0.05) is 6.54 Å². The monoisotopic (exact) mass is 303 g/mol. The summed E-state index contributed by atoms with van der Waals surface area (Å²) in [6.45, 7) is 1.70. The maximum absolute atomic E-state index is 12.7. The van der Waals surface area contributed by atoms with E-state index in [-0.39, 0.29) is 12.3 Å². The van der Waals surface area contributed by atoms with Crippen LogP contribution in [0.4, 0.5) is 4.39 Å². The fraction of sp³-hybridized carbons (Fsp3) is 0.462. The van der Waals surface area contributed by atoms with Crippen molar-refractivity contribution in [3.8, 4) is 0 Å². The topological polar surface area (TPSA) is 83.5 Å². The predicted molar refractivity (Wildman–Crippen MR) is 73.1 cm³/mol. The molecule has 0 bridgehead atoms. The molecule has 1 unspecified atom stereocenters. The molecule has 0 aliphatic carbocycles. The minimum atomic E-state index is -3.63. The number of hydrogen-bond donors (Lipinski definition) is 2. The summed E-state index contributed by atoms with van der Waals surface area (Å²) in [7, 11) is -3.63. The Morgan fingerprint density at radius 1 is 1.35 bits per heavy atom. The van der Waals surface area contributed by atoms with Crippen LogP contribution in [0.25, 0.3) is 0 Å². The fourth-order valence-electron chi connectivity index (χ4n) is 1.74. The van der Waals surface area contributed by atoms with Gasteiger partial charge < -0.3 is 5.11 Å². The number of carbonyl (C=O) groups is 1. The Bertz CT molecular complexity index is 542. The number of sulfonamides is 1. The van der Waals surface area contributed by atoms with Crippen LogP contribution in [0.3, 0.4) is 0 Å². The molecule has 1 atom stereocenters. The van der Waals surface area contributed by atoms with Gasteiger partial charge in [-0.3, -0.25) is 4.79 Å². The van der Waals surface area contributed by atoms with Crippen LogP contribution in [-0.2, 0) is 20.6 Å². The molecule has 0 heterocycles. The van der Waals surface area contributed by atoms with Crippen molar-refractivity contribution in [2.24, 2.45) is 5.92 Å². The number of benzene rings is 1. The molecular weight excluding hydrogens is 285 g/mol. The zero-order chi connectivity index (χ0) is 15.2. The lowest BCUT2D eigenvalue weighted by Crippen LogP contribution is -2.33. The maximum atomic E-state index is 12.7. The van der Waals surface area contributed by atoms with Crippen molar-refractivity contribution in [2.75, 3.05) is 6.54 Å². The van der Waals surface area contributed by atoms with Crippen LogP contribution in [0.5, 0.6) is 0 Å². The van der Waals surface area contributed by atoms with Gasteiger partial charge >= 0.3 is 5.97 Å². The third-order valence-corrected chi connectivity index (χ3v) is 4.13. The molecule has 0 fully saturated rings. The zero-order valence-corrected chi connectivity index (χ0v) is 12.0. The van der Waals surface area contributed by atoms with E-state index in [4.69, 9.17) is 5.11 Å². The number of rotatable bonds is 8. The largest absolute Gasteiger partial charge is 0.481 e. The van der Waals surface area contributed by atoms with E-state index in [1.165, 1.54) is 24.3 Å². The van der Waals surface area contributed by atoms with Crippen molar-refractivity contribution in [3.63, 3.8) is 0 Å². The lowest BCUT2D eigenvalue weighted by atomic mass is 10.1. The Kier molecular flexibility index (Phi) is 6.09. The average Bonchev–Trinajstić information content (AvgIpc) is 2.36. The summed E-state index contributed by atoms with van der Waals surface area (Å²) in [5.74, 6) is -2.49. The number of carboxylic acid groups (broad SMARTS) is 1. The molecule has 2 N–H and O–H groups in total. The van der Waals surface area contributed by atoms with E-state index in [1.807, 2.05) is 6.92 Å². The van der Waals surface area contributed by atoms with Gasteiger partial charge in [0.05, 0.1) is 11.7 Å². The van der Waals surface area contributed by atoms with Gasteiger partial charge in [0.2, 0.25) is 10.0 Å². The van der Waals surface area contributed by atoms with Crippen molar-refractivity contribution in [1.29, 1.82) is 0 Å². The second-order valence-electron chi connectivity index (χ2n) is 4.56. The molecule has 1 aromatic carbocycles. The summed E-state index contributed by atoms with van der Waals surface area (Å²) in [6, 6.07) is 5.13. The number of halogens is 1. The third kappa shape index (κ3) is 5.66. The van der Waals surface area contributed by atoms with E-state index in [0.717, 1.165) is 0 Å². The third-order valence-electron chi connectivity index (χ3n) is 2.81. The summed E-state index contributed by atoms with van der Waals surface area (Å²) in [4.78, 5) is 10.9. The summed E-state index contributed by atoms with van der Waals surface area (Å²) < 4.78 is 38.6. The predicted octanol–water partition coefficient (Wildman–Crippen LogP) is 1.75. The van der Waals surface area contributed by atoms with E-state index < -0.39 is 27.7 Å². The first-order valence-corrected chi connectivity index (χ1v) is 7.94. The Morgan fingerprint density at radius 2 is 1.95 bits per heavy atom. The minimum Gasteiger partial charge on any atom is -0.481 e. The number of hydrogen-bond acceptors (Lipinski definition) is 3. The molecule has 0 saturated carbocycles. The summed E-state index contributed by atoms with van der Waals surface area (Å²) in [5.41, 5.74) is 0.446. The second-order valence-corrected chi connectivity index (χ2v) is 6.36. The second kappa shape index (κ2) is 7.35. The Hall–Kier alpha value is -1.47. The molecule has 0 amide bonds. The molecule has 0 saturated heterocycles. The van der Waals surface area contributed by atoms with Gasteiger partial charge in [0.25, 0.3) is 0 Å². The molecule has 1 rings (SSSR count). The molecule has 0 radical (unpaired) electrons. The minimum absolute atomic E-state index is 0.132. The lowest BCUT2D eigenvalue weighted by molar-refractivity contribution is -0.141. The normalized spacial score (nSPS) is 13.1. The van der Waals surface area contributed by atoms with Crippen molar-refractivity contribution in [3.05, 3.63) is 35.6 Å². The zero-order valence-electron chi connectivity index (χ0n) is 11.2. The Balaban J connectivity index is 2.61. The van der Waals surface area contributed by atoms with E-state index in [9.17, 15) is 17.6 Å². The van der Waals surface area contributed by atoms with E-state index in [2.05, 4.69) is 4.72 Å². The highest BCUT2D eigenvalue weighted by molar-refractivity contribution is 7.88. The molecule has 0 aliphatic rings. The summed E-state index contributed by atoms with van der Waals surface area (Å²) >= 11 is 0. The van der Waals surface area contributed by atoms with Crippen molar-refractivity contribution in [1.82, 2.24) is 4.72 Å². The number of nitrogens with one attached hydrogen (secondary N) is 1. The molecule has 0 spiro atoms. The van der Waals surface area contributed by atoms with Crippen LogP contribution in [0, 0.1) is 11.7 Å². The summed E-state index contributed by atoms with van der Waals surface area (Å²) in [6.07, 6.45) is 1.07. The molecule has 7 heteroatoms. The highest BCUT2D eigenvalue weighted by atomic mass is 32.2. The van der Waals surface area contributed by atoms with Crippen molar-refractivity contribution < 1.29 is 22.7 Å². The van der Waals surface area contributed by atoms with Gasteiger partial charge in [-0.15, -0.1) is 0 Å². The van der Waals surface area contributed by atoms with Gasteiger partial charge in [-0.1, -0.05) is 25.5 Å². The van der Waals surface area contributed by atoms with Crippen LogP contribution < -0.4 is 4.72 Å². The maximum Gasteiger partial charge on any atom is 0.307 e. The molecule has 1 aromatic rings. The van der Waals surface area contributed by atoms with Crippen molar-refractivity contribution in [2.45, 2.75) is 25.5 Å². The quantitative estimate of drug-likeness (QED) is 0.766. The van der Waals surface area contributed by atoms with E-state index in [0.29, 0.717) is 18.4 Å². The molecule has 112 valence electrons. The molecule has 0 aliphatic heterocycles. The van der Waals surface area contributed by atoms with Crippen LogP contribution in [0.1, 0.15) is 25.3 Å². The van der Waals surface area contributed by atoms with Gasteiger partial charge in [0.15, 0.2) is 0 Å². The highest BCUT2D eigenvalue weighted by Crippen LogP contribution is 2.09. The van der Waals surface area contributed by atoms with Crippen LogP contribution >= 0.6 is 0 Å². The smallest absolute Gasteiger partial charge is 0.307 e. The molecular formula is C13H18FNO4S. The Morgan fingerprint density at radius 3 is 2.45 bits per heavy atom. The van der Waals surface area contributed by atoms with E-state index in [1.54, 1.807) is 0 Å². The molecule has 20 heavy (non-hydrogen) atoms. The van der Waals surface area contributed by atoms with Gasteiger partial charge in [-0.25, -0.2) is 17.5 Å². The van der Waals surface area contributed by atoms with Crippen LogP contribution in [-0.4, -0.2) is 26.0 Å². The van der Waals surface area contributed by atoms with Crippen LogP contribution in [0.15, 0.2) is 24.3 Å². The van der Waals surface area contributed by atoms with Gasteiger partial charge in [-0.2, -0.15) is 0 Å². The average molecular weight is 303 g/mol. The SMILES string of the molecule is CCCC(CNS(=O)(=O)Cc1ccc(F)cc1)C(=O)O. The first kappa shape index (κ1) is 16.6. The van der Waals surface area contributed by atoms with Gasteiger partial charge in [0.1, 0.15) is 5.82 Å². The van der Waals surface area contributed by atoms with Crippen molar-refractivity contribution >= 4 is 16.0 Å². The first-order valence-electron chi connectivity index (χ1n) is 6.28. The highest BCUT2D eigenvalue weighted by Gasteiger charge is 2.20. The number of carboxylic acids is 1. The Labute approximate surface area is 117 Å². The first-order chi connectivity index (χ1) is 9.34. The molecule has 0 aromatic heterocycles. The van der Waals surface area contributed by atoms with Crippen LogP contribution in [0.2, 0.25) is 0 Å². The fourth-order valence-corrected chi connectivity index (χ4v) is 2.93.